The molecule has 1 aliphatic rings. The van der Waals surface area contributed by atoms with Gasteiger partial charge in [0, 0.05) is 39.1 Å². The number of hydrogen-bond acceptors (Lipinski definition) is 4. The van der Waals surface area contributed by atoms with Crippen LogP contribution < -0.4 is 11.1 Å². The monoisotopic (exact) mass is 258 g/mol. The molecule has 0 radical (unpaired) electrons. The van der Waals surface area contributed by atoms with Crippen LogP contribution in [0.4, 0.5) is 4.79 Å². The van der Waals surface area contributed by atoms with E-state index >= 15 is 0 Å². The minimum atomic E-state index is -0.866. The standard InChI is InChI=1S/C10H18N4O4/c11-8(15)1-2-12-10(18)14-5-3-13(4-6-14)7-9(16)17/h1-7H2,(H2,11,15)(H,12,18)(H,16,17). The highest BCUT2D eigenvalue weighted by Gasteiger charge is 2.21. The average Bonchev–Trinajstić information content (AvgIpc) is 2.28. The number of piperazine rings is 1. The maximum Gasteiger partial charge on any atom is 0.317 e. The fourth-order valence-corrected chi connectivity index (χ4v) is 1.70. The van der Waals surface area contributed by atoms with E-state index in [1.54, 1.807) is 9.80 Å². The summed E-state index contributed by atoms with van der Waals surface area (Å²) in [5, 5.41) is 11.2. The largest absolute Gasteiger partial charge is 0.480 e. The molecule has 8 nitrogen and oxygen atoms in total. The van der Waals surface area contributed by atoms with E-state index in [4.69, 9.17) is 10.8 Å². The van der Waals surface area contributed by atoms with Crippen LogP contribution in [0.5, 0.6) is 0 Å². The number of nitrogens with zero attached hydrogens (tertiary/aromatic N) is 2. The lowest BCUT2D eigenvalue weighted by Gasteiger charge is -2.33. The van der Waals surface area contributed by atoms with E-state index in [1.807, 2.05) is 0 Å². The Morgan fingerprint density at radius 1 is 1.17 bits per heavy atom. The smallest absolute Gasteiger partial charge is 0.317 e. The van der Waals surface area contributed by atoms with Gasteiger partial charge >= 0.3 is 12.0 Å². The molecule has 102 valence electrons. The summed E-state index contributed by atoms with van der Waals surface area (Å²) in [7, 11) is 0. The number of nitrogens with two attached hydrogens (primary N) is 1. The molecule has 0 aromatic heterocycles. The van der Waals surface area contributed by atoms with Crippen molar-refractivity contribution in [1.29, 1.82) is 0 Å². The second-order valence-corrected chi connectivity index (χ2v) is 4.11. The zero-order valence-electron chi connectivity index (χ0n) is 10.1. The highest BCUT2D eigenvalue weighted by atomic mass is 16.4. The number of amides is 3. The topological polar surface area (TPSA) is 116 Å². The Morgan fingerprint density at radius 2 is 1.78 bits per heavy atom. The molecular weight excluding hydrogens is 240 g/mol. The first kappa shape index (κ1) is 14.2. The van der Waals surface area contributed by atoms with Crippen LogP contribution in [0.2, 0.25) is 0 Å². The van der Waals surface area contributed by atoms with Crippen LogP contribution in [0.1, 0.15) is 6.42 Å². The van der Waals surface area contributed by atoms with Crippen molar-refractivity contribution in [3.63, 3.8) is 0 Å². The minimum absolute atomic E-state index is 0.00284. The maximum atomic E-state index is 11.6. The van der Waals surface area contributed by atoms with Crippen molar-refractivity contribution in [3.8, 4) is 0 Å². The van der Waals surface area contributed by atoms with E-state index in [1.165, 1.54) is 0 Å². The van der Waals surface area contributed by atoms with Gasteiger partial charge in [-0.05, 0) is 0 Å². The number of carboxylic acids is 1. The first-order chi connectivity index (χ1) is 8.49. The molecule has 8 heteroatoms. The van der Waals surface area contributed by atoms with Gasteiger partial charge in [0.15, 0.2) is 0 Å². The molecule has 3 amide bonds. The van der Waals surface area contributed by atoms with Crippen LogP contribution >= 0.6 is 0 Å². The first-order valence-electron chi connectivity index (χ1n) is 5.74. The number of aliphatic carboxylic acids is 1. The van der Waals surface area contributed by atoms with Gasteiger partial charge in [0.25, 0.3) is 0 Å². The molecule has 1 rings (SSSR count). The van der Waals surface area contributed by atoms with E-state index in [0.717, 1.165) is 0 Å². The van der Waals surface area contributed by atoms with E-state index < -0.39 is 11.9 Å². The molecule has 0 aliphatic carbocycles. The molecule has 0 aromatic rings. The first-order valence-corrected chi connectivity index (χ1v) is 5.74. The van der Waals surface area contributed by atoms with Crippen molar-refractivity contribution in [1.82, 2.24) is 15.1 Å². The normalized spacial score (nSPS) is 16.3. The van der Waals surface area contributed by atoms with Gasteiger partial charge in [0.05, 0.1) is 6.54 Å². The molecule has 1 aliphatic heterocycles. The number of carbonyl (C=O) groups is 3. The van der Waals surface area contributed by atoms with Crippen molar-refractivity contribution < 1.29 is 19.5 Å². The molecule has 4 N–H and O–H groups in total. The molecular formula is C10H18N4O4. The van der Waals surface area contributed by atoms with Gasteiger partial charge in [-0.3, -0.25) is 14.5 Å². The SMILES string of the molecule is NC(=O)CCNC(=O)N1CCN(CC(=O)O)CC1. The van der Waals surface area contributed by atoms with Crippen molar-refractivity contribution >= 4 is 17.9 Å². The van der Waals surface area contributed by atoms with Crippen LogP contribution in [0.3, 0.4) is 0 Å². The fraction of sp³-hybridized carbons (Fsp3) is 0.700. The third kappa shape index (κ3) is 5.00. The van der Waals surface area contributed by atoms with Crippen LogP contribution in [0.25, 0.3) is 0 Å². The summed E-state index contributed by atoms with van der Waals surface area (Å²) in [6.07, 6.45) is 0.116. The number of hydrogen-bond donors (Lipinski definition) is 3. The van der Waals surface area contributed by atoms with E-state index in [9.17, 15) is 14.4 Å². The van der Waals surface area contributed by atoms with Gasteiger partial charge in [0.2, 0.25) is 5.91 Å². The molecule has 0 atom stereocenters. The highest BCUT2D eigenvalue weighted by molar-refractivity contribution is 5.77. The Morgan fingerprint density at radius 3 is 2.28 bits per heavy atom. The Labute approximate surface area is 105 Å². The number of carbonyl (C=O) groups excluding carboxylic acids is 2. The molecule has 0 bridgehead atoms. The van der Waals surface area contributed by atoms with Crippen LogP contribution in [-0.4, -0.2) is 72.1 Å². The third-order valence-corrected chi connectivity index (χ3v) is 2.67. The number of primary amides is 1. The van der Waals surface area contributed by atoms with Crippen LogP contribution in [0, 0.1) is 0 Å². The number of urea groups is 1. The summed E-state index contributed by atoms with van der Waals surface area (Å²) in [6.45, 7) is 2.26. The lowest BCUT2D eigenvalue weighted by Crippen LogP contribution is -2.52. The summed E-state index contributed by atoms with van der Waals surface area (Å²) in [6, 6.07) is -0.244. The minimum Gasteiger partial charge on any atom is -0.480 e. The number of rotatable bonds is 5. The van der Waals surface area contributed by atoms with Gasteiger partial charge in [-0.2, -0.15) is 0 Å². The summed E-state index contributed by atoms with van der Waals surface area (Å²) >= 11 is 0. The van der Waals surface area contributed by atoms with Gasteiger partial charge in [-0.1, -0.05) is 0 Å². The highest BCUT2D eigenvalue weighted by Crippen LogP contribution is 2.01. The van der Waals surface area contributed by atoms with Crippen LogP contribution in [0.15, 0.2) is 0 Å². The molecule has 0 saturated carbocycles. The molecule has 1 fully saturated rings. The third-order valence-electron chi connectivity index (χ3n) is 2.67. The zero-order valence-corrected chi connectivity index (χ0v) is 10.1. The average molecular weight is 258 g/mol. The second kappa shape index (κ2) is 6.80. The Bertz CT molecular complexity index is 326. The lowest BCUT2D eigenvalue weighted by molar-refractivity contribution is -0.138. The summed E-state index contributed by atoms with van der Waals surface area (Å²) < 4.78 is 0. The zero-order chi connectivity index (χ0) is 13.5. The van der Waals surface area contributed by atoms with Crippen molar-refractivity contribution in [2.24, 2.45) is 5.73 Å². The predicted octanol–water partition coefficient (Wildman–Crippen LogP) is -1.73. The van der Waals surface area contributed by atoms with Gasteiger partial charge < -0.3 is 21.1 Å². The summed E-state index contributed by atoms with van der Waals surface area (Å²) in [4.78, 5) is 36.0. The van der Waals surface area contributed by atoms with Gasteiger partial charge in [-0.15, -0.1) is 0 Å². The molecule has 0 aromatic carbocycles. The molecule has 1 saturated heterocycles. The van der Waals surface area contributed by atoms with Gasteiger partial charge in [-0.25, -0.2) is 4.79 Å². The van der Waals surface area contributed by atoms with E-state index in [2.05, 4.69) is 5.32 Å². The Hall–Kier alpha value is -1.83. The Kier molecular flexibility index (Phi) is 5.37. The Balaban J connectivity index is 2.23. The quantitative estimate of drug-likeness (QED) is 0.542. The van der Waals surface area contributed by atoms with Crippen molar-refractivity contribution in [2.75, 3.05) is 39.3 Å². The van der Waals surface area contributed by atoms with Gasteiger partial charge in [0.1, 0.15) is 0 Å². The lowest BCUT2D eigenvalue weighted by atomic mass is 10.3. The fourth-order valence-electron chi connectivity index (χ4n) is 1.70. The molecule has 0 spiro atoms. The van der Waals surface area contributed by atoms with E-state index in [-0.39, 0.29) is 25.5 Å². The second-order valence-electron chi connectivity index (χ2n) is 4.11. The van der Waals surface area contributed by atoms with E-state index in [0.29, 0.717) is 26.2 Å². The maximum absolute atomic E-state index is 11.6. The molecule has 0 unspecified atom stereocenters. The number of carboxylic acid groups (broad SMARTS) is 1. The predicted molar refractivity (Wildman–Crippen MR) is 62.9 cm³/mol. The van der Waals surface area contributed by atoms with Crippen molar-refractivity contribution in [2.45, 2.75) is 6.42 Å². The molecule has 18 heavy (non-hydrogen) atoms. The summed E-state index contributed by atoms with van der Waals surface area (Å²) in [5.41, 5.74) is 4.96. The molecule has 1 heterocycles. The van der Waals surface area contributed by atoms with Crippen molar-refractivity contribution in [3.05, 3.63) is 0 Å². The van der Waals surface area contributed by atoms with Crippen LogP contribution in [-0.2, 0) is 9.59 Å². The number of nitrogens with one attached hydrogen (secondary N) is 1. The summed E-state index contributed by atoms with van der Waals surface area (Å²) in [5.74, 6) is -1.32.